The molecule has 3 N–H and O–H groups in total. The van der Waals surface area contributed by atoms with Crippen molar-refractivity contribution in [2.45, 2.75) is 13.8 Å². The van der Waals surface area contributed by atoms with E-state index >= 15 is 0 Å². The van der Waals surface area contributed by atoms with Crippen LogP contribution in [0.2, 0.25) is 5.02 Å². The van der Waals surface area contributed by atoms with Crippen LogP contribution in [0, 0.1) is 26.2 Å². The normalized spacial score (nSPS) is 10.4. The van der Waals surface area contributed by atoms with Crippen LogP contribution in [-0.2, 0) is 0 Å². The summed E-state index contributed by atoms with van der Waals surface area (Å²) < 4.78 is 18.7. The SMILES string of the molecule is [C-]#[N+]c1c(C)cc(Nc2cc(C)[nH]n2)nc1NCCOc1ccc(F)c(Cl)c1. The van der Waals surface area contributed by atoms with Gasteiger partial charge in [0.05, 0.1) is 11.6 Å². The van der Waals surface area contributed by atoms with Gasteiger partial charge in [-0.15, -0.1) is 0 Å². The average molecular weight is 401 g/mol. The van der Waals surface area contributed by atoms with E-state index in [0.29, 0.717) is 35.4 Å². The second kappa shape index (κ2) is 8.59. The van der Waals surface area contributed by atoms with Gasteiger partial charge >= 0.3 is 0 Å². The molecule has 0 aliphatic heterocycles. The van der Waals surface area contributed by atoms with Crippen molar-refractivity contribution in [2.24, 2.45) is 0 Å². The minimum absolute atomic E-state index is 0.00502. The van der Waals surface area contributed by atoms with Gasteiger partial charge in [0.1, 0.15) is 29.8 Å². The maximum Gasteiger partial charge on any atom is 0.231 e. The third kappa shape index (κ3) is 4.69. The second-order valence-corrected chi connectivity index (χ2v) is 6.45. The molecule has 9 heteroatoms. The van der Waals surface area contributed by atoms with Gasteiger partial charge in [-0.1, -0.05) is 11.6 Å². The van der Waals surface area contributed by atoms with Crippen molar-refractivity contribution < 1.29 is 9.13 Å². The van der Waals surface area contributed by atoms with E-state index in [4.69, 9.17) is 22.9 Å². The van der Waals surface area contributed by atoms with Gasteiger partial charge in [-0.05, 0) is 37.6 Å². The quantitative estimate of drug-likeness (QED) is 0.384. The van der Waals surface area contributed by atoms with E-state index in [-0.39, 0.29) is 11.6 Å². The highest BCUT2D eigenvalue weighted by molar-refractivity contribution is 6.30. The first kappa shape index (κ1) is 19.5. The molecule has 0 saturated heterocycles. The third-order valence-electron chi connectivity index (χ3n) is 3.81. The van der Waals surface area contributed by atoms with Crippen molar-refractivity contribution in [3.05, 3.63) is 63.8 Å². The summed E-state index contributed by atoms with van der Waals surface area (Å²) in [6, 6.07) is 7.82. The summed E-state index contributed by atoms with van der Waals surface area (Å²) in [5.74, 6) is 1.63. The number of benzene rings is 1. The van der Waals surface area contributed by atoms with Gasteiger partial charge in [-0.25, -0.2) is 14.2 Å². The van der Waals surface area contributed by atoms with E-state index in [0.717, 1.165) is 11.3 Å². The zero-order valence-electron chi connectivity index (χ0n) is 15.3. The average Bonchev–Trinajstić information content (AvgIpc) is 3.06. The Morgan fingerprint density at radius 3 is 2.75 bits per heavy atom. The van der Waals surface area contributed by atoms with Crippen LogP contribution in [0.25, 0.3) is 4.85 Å². The molecular weight excluding hydrogens is 383 g/mol. The fourth-order valence-electron chi connectivity index (χ4n) is 2.51. The molecule has 0 amide bonds. The van der Waals surface area contributed by atoms with Crippen LogP contribution in [-0.4, -0.2) is 28.3 Å². The van der Waals surface area contributed by atoms with Crippen molar-refractivity contribution >= 4 is 34.7 Å². The summed E-state index contributed by atoms with van der Waals surface area (Å²) in [5, 5.41) is 13.2. The number of H-pyrrole nitrogens is 1. The van der Waals surface area contributed by atoms with Crippen molar-refractivity contribution in [3.63, 3.8) is 0 Å². The summed E-state index contributed by atoms with van der Waals surface area (Å²) in [4.78, 5) is 8.02. The lowest BCUT2D eigenvalue weighted by atomic mass is 10.2. The highest BCUT2D eigenvalue weighted by atomic mass is 35.5. The highest BCUT2D eigenvalue weighted by Crippen LogP contribution is 2.30. The molecule has 3 rings (SSSR count). The lowest BCUT2D eigenvalue weighted by Gasteiger charge is -2.13. The Balaban J connectivity index is 1.66. The Bertz CT molecular complexity index is 1030. The summed E-state index contributed by atoms with van der Waals surface area (Å²) in [6.45, 7) is 11.8. The first-order valence-electron chi connectivity index (χ1n) is 8.46. The van der Waals surface area contributed by atoms with Crippen molar-refractivity contribution in [1.29, 1.82) is 0 Å². The lowest BCUT2D eigenvalue weighted by Crippen LogP contribution is -2.13. The van der Waals surface area contributed by atoms with E-state index in [1.54, 1.807) is 6.07 Å². The zero-order chi connectivity index (χ0) is 20.1. The van der Waals surface area contributed by atoms with Gasteiger partial charge in [-0.3, -0.25) is 5.10 Å². The molecule has 0 aliphatic rings. The van der Waals surface area contributed by atoms with Crippen LogP contribution >= 0.6 is 11.6 Å². The first-order valence-corrected chi connectivity index (χ1v) is 8.84. The molecule has 7 nitrogen and oxygen atoms in total. The standard InChI is InChI=1S/C19H18ClFN6O/c1-11-8-16(24-17-9-12(2)26-27-17)25-19(18(11)22-3)23-6-7-28-13-4-5-15(21)14(20)10-13/h4-5,8-10H,6-7H2,1-2H3,(H3,23,24,25,26,27). The molecule has 0 atom stereocenters. The van der Waals surface area contributed by atoms with E-state index in [1.807, 2.05) is 19.9 Å². The fourth-order valence-corrected chi connectivity index (χ4v) is 2.68. The molecule has 3 aromatic rings. The largest absolute Gasteiger partial charge is 0.492 e. The van der Waals surface area contributed by atoms with Gasteiger partial charge in [-0.2, -0.15) is 5.10 Å². The van der Waals surface area contributed by atoms with Crippen LogP contribution in [0.15, 0.2) is 30.3 Å². The van der Waals surface area contributed by atoms with Gasteiger partial charge in [0.2, 0.25) is 5.69 Å². The smallest absolute Gasteiger partial charge is 0.231 e. The Morgan fingerprint density at radius 2 is 2.07 bits per heavy atom. The number of hydrogen-bond acceptors (Lipinski definition) is 5. The molecule has 144 valence electrons. The molecule has 0 aliphatic carbocycles. The molecule has 0 radical (unpaired) electrons. The van der Waals surface area contributed by atoms with Crippen LogP contribution in [0.1, 0.15) is 11.3 Å². The second-order valence-electron chi connectivity index (χ2n) is 6.05. The van der Waals surface area contributed by atoms with E-state index in [9.17, 15) is 4.39 Å². The predicted molar refractivity (Wildman–Crippen MR) is 107 cm³/mol. The minimum atomic E-state index is -0.495. The third-order valence-corrected chi connectivity index (χ3v) is 4.10. The number of nitrogens with one attached hydrogen (secondary N) is 3. The Kier molecular flexibility index (Phi) is 5.96. The topological polar surface area (TPSA) is 79.2 Å². The number of halogens is 2. The number of rotatable bonds is 7. The number of aryl methyl sites for hydroxylation is 2. The van der Waals surface area contributed by atoms with E-state index in [1.165, 1.54) is 18.2 Å². The summed E-state index contributed by atoms with van der Waals surface area (Å²) in [6.07, 6.45) is 0. The van der Waals surface area contributed by atoms with Crippen LogP contribution in [0.3, 0.4) is 0 Å². The first-order chi connectivity index (χ1) is 13.5. The Morgan fingerprint density at radius 1 is 1.25 bits per heavy atom. The minimum Gasteiger partial charge on any atom is -0.492 e. The lowest BCUT2D eigenvalue weighted by molar-refractivity contribution is 0.332. The van der Waals surface area contributed by atoms with Crippen LogP contribution in [0.5, 0.6) is 5.75 Å². The van der Waals surface area contributed by atoms with E-state index < -0.39 is 5.82 Å². The number of anilines is 3. The molecule has 0 bridgehead atoms. The van der Waals surface area contributed by atoms with Gasteiger partial charge in [0, 0.05) is 24.4 Å². The number of aromatic nitrogens is 3. The molecular formula is C19H18ClFN6O. The molecule has 1 aromatic carbocycles. The Hall–Kier alpha value is -3.31. The fraction of sp³-hybridized carbons (Fsp3) is 0.211. The molecule has 0 spiro atoms. The maximum absolute atomic E-state index is 13.2. The number of pyridine rings is 1. The number of aromatic amines is 1. The zero-order valence-corrected chi connectivity index (χ0v) is 16.1. The van der Waals surface area contributed by atoms with Crippen molar-refractivity contribution in [2.75, 3.05) is 23.8 Å². The summed E-state index contributed by atoms with van der Waals surface area (Å²) >= 11 is 5.74. The van der Waals surface area contributed by atoms with E-state index in [2.05, 4.69) is 30.7 Å². The highest BCUT2D eigenvalue weighted by Gasteiger charge is 2.11. The van der Waals surface area contributed by atoms with Crippen molar-refractivity contribution in [1.82, 2.24) is 15.2 Å². The van der Waals surface area contributed by atoms with Gasteiger partial charge in [0.15, 0.2) is 5.82 Å². The molecule has 2 heterocycles. The van der Waals surface area contributed by atoms with Gasteiger partial charge < -0.3 is 15.4 Å². The van der Waals surface area contributed by atoms with Crippen LogP contribution < -0.4 is 15.4 Å². The Labute approximate surface area is 166 Å². The summed E-state index contributed by atoms with van der Waals surface area (Å²) in [5.41, 5.74) is 2.15. The van der Waals surface area contributed by atoms with Crippen molar-refractivity contribution in [3.8, 4) is 5.75 Å². The predicted octanol–water partition coefficient (Wildman–Crippen LogP) is 5.00. The number of ether oxygens (including phenoxy) is 1. The molecule has 0 saturated carbocycles. The monoisotopic (exact) mass is 400 g/mol. The van der Waals surface area contributed by atoms with Crippen LogP contribution in [0.4, 0.5) is 27.5 Å². The molecule has 0 fully saturated rings. The number of hydrogen-bond donors (Lipinski definition) is 3. The maximum atomic E-state index is 13.2. The number of nitrogens with zero attached hydrogens (tertiary/aromatic N) is 3. The summed E-state index contributed by atoms with van der Waals surface area (Å²) in [7, 11) is 0. The molecule has 2 aromatic heterocycles. The van der Waals surface area contributed by atoms with Gasteiger partial charge in [0.25, 0.3) is 0 Å². The molecule has 0 unspecified atom stereocenters. The molecule has 28 heavy (non-hydrogen) atoms.